The van der Waals surface area contributed by atoms with Gasteiger partial charge in [-0.3, -0.25) is 4.40 Å². The van der Waals surface area contributed by atoms with Crippen molar-refractivity contribution < 1.29 is 0 Å². The number of fused-ring (bicyclic) bond motifs is 1. The summed E-state index contributed by atoms with van der Waals surface area (Å²) in [6.45, 7) is 11.2. The summed E-state index contributed by atoms with van der Waals surface area (Å²) < 4.78 is 3.85. The van der Waals surface area contributed by atoms with Gasteiger partial charge in [-0.2, -0.15) is 5.10 Å². The van der Waals surface area contributed by atoms with E-state index in [1.807, 2.05) is 49.0 Å². The van der Waals surface area contributed by atoms with E-state index in [4.69, 9.17) is 0 Å². The number of hydrogen-bond acceptors (Lipinski definition) is 8. The van der Waals surface area contributed by atoms with Gasteiger partial charge in [0.25, 0.3) is 0 Å². The molecule has 5 rings (SSSR count). The summed E-state index contributed by atoms with van der Waals surface area (Å²) in [5.41, 5.74) is 2.83. The Morgan fingerprint density at radius 3 is 2.30 bits per heavy atom. The molecule has 1 saturated heterocycles. The summed E-state index contributed by atoms with van der Waals surface area (Å²) in [5.74, 6) is 4.20. The number of rotatable bonds is 3. The van der Waals surface area contributed by atoms with E-state index in [0.717, 1.165) is 72.3 Å². The zero-order valence-electron chi connectivity index (χ0n) is 17.6. The SMILES string of the molecule is Cc1cc(C)n(-c2cc(N3CCN(c4nccn5c(C)nnc45)CC3)nc(C)n2)n1. The molecule has 10 nitrogen and oxygen atoms in total. The molecule has 0 aromatic carbocycles. The van der Waals surface area contributed by atoms with Gasteiger partial charge in [0.2, 0.25) is 5.65 Å². The number of aromatic nitrogens is 8. The summed E-state index contributed by atoms with van der Waals surface area (Å²) in [6, 6.07) is 4.07. The van der Waals surface area contributed by atoms with Crippen molar-refractivity contribution in [1.82, 2.24) is 39.3 Å². The maximum Gasteiger partial charge on any atom is 0.203 e. The Balaban J connectivity index is 1.38. The van der Waals surface area contributed by atoms with E-state index in [1.54, 1.807) is 6.20 Å². The second-order valence-corrected chi connectivity index (χ2v) is 7.64. The van der Waals surface area contributed by atoms with Crippen LogP contribution >= 0.6 is 0 Å². The highest BCUT2D eigenvalue weighted by Crippen LogP contribution is 2.22. The maximum atomic E-state index is 4.68. The van der Waals surface area contributed by atoms with Crippen LogP contribution in [0.25, 0.3) is 11.5 Å². The Morgan fingerprint density at radius 2 is 1.57 bits per heavy atom. The topological polar surface area (TPSA) is 93.2 Å². The van der Waals surface area contributed by atoms with Crippen LogP contribution in [0, 0.1) is 27.7 Å². The third kappa shape index (κ3) is 3.14. The van der Waals surface area contributed by atoms with Crippen molar-refractivity contribution in [3.63, 3.8) is 0 Å². The Labute approximate surface area is 174 Å². The number of piperazine rings is 1. The van der Waals surface area contributed by atoms with Crippen LogP contribution in [0.4, 0.5) is 11.6 Å². The average molecular weight is 404 g/mol. The smallest absolute Gasteiger partial charge is 0.203 e. The highest BCUT2D eigenvalue weighted by Gasteiger charge is 2.23. The average Bonchev–Trinajstić information content (AvgIpc) is 3.29. The standard InChI is InChI=1S/C20H24N10/c1-13-11-14(2)30(26-13)18-12-17(22-15(3)23-18)27-7-9-28(10-8-27)19-20-25-24-16(4)29(20)6-5-21-19/h5-6,11-12H,7-10H2,1-4H3. The van der Waals surface area contributed by atoms with Gasteiger partial charge in [-0.15, -0.1) is 10.2 Å². The molecule has 154 valence electrons. The molecule has 0 unspecified atom stereocenters. The van der Waals surface area contributed by atoms with Gasteiger partial charge in [-0.25, -0.2) is 19.6 Å². The fourth-order valence-corrected chi connectivity index (χ4v) is 3.97. The molecule has 4 aromatic rings. The van der Waals surface area contributed by atoms with Crippen molar-refractivity contribution in [2.45, 2.75) is 27.7 Å². The lowest BCUT2D eigenvalue weighted by Crippen LogP contribution is -2.47. The Kier molecular flexibility index (Phi) is 4.34. The summed E-state index contributed by atoms with van der Waals surface area (Å²) in [6.07, 6.45) is 3.70. The lowest BCUT2D eigenvalue weighted by atomic mass is 10.3. The van der Waals surface area contributed by atoms with E-state index in [9.17, 15) is 0 Å². The van der Waals surface area contributed by atoms with E-state index in [0.29, 0.717) is 0 Å². The molecule has 0 spiro atoms. The summed E-state index contributed by atoms with van der Waals surface area (Å²) in [5, 5.41) is 13.1. The highest BCUT2D eigenvalue weighted by molar-refractivity contribution is 5.64. The lowest BCUT2D eigenvalue weighted by molar-refractivity contribution is 0.639. The maximum absolute atomic E-state index is 4.68. The Hall–Kier alpha value is -3.56. The number of aryl methyl sites for hydroxylation is 4. The van der Waals surface area contributed by atoms with Crippen LogP contribution < -0.4 is 9.80 Å². The molecule has 0 amide bonds. The number of anilines is 2. The molecule has 1 aliphatic heterocycles. The van der Waals surface area contributed by atoms with E-state index in [2.05, 4.69) is 46.1 Å². The third-order valence-corrected chi connectivity index (χ3v) is 5.42. The van der Waals surface area contributed by atoms with Gasteiger partial charge in [0.05, 0.1) is 5.69 Å². The van der Waals surface area contributed by atoms with Gasteiger partial charge in [0.1, 0.15) is 17.5 Å². The molecule has 1 aliphatic rings. The molecule has 10 heteroatoms. The molecule has 4 aromatic heterocycles. The zero-order valence-corrected chi connectivity index (χ0v) is 17.6. The van der Waals surface area contributed by atoms with Crippen LogP contribution in [0.5, 0.6) is 0 Å². The predicted octanol–water partition coefficient (Wildman–Crippen LogP) is 1.66. The first-order valence-electron chi connectivity index (χ1n) is 10.0. The van der Waals surface area contributed by atoms with Gasteiger partial charge in [0, 0.05) is 50.3 Å². The Bertz CT molecular complexity index is 1220. The number of nitrogens with zero attached hydrogens (tertiary/aromatic N) is 10. The molecular formula is C20H24N10. The minimum atomic E-state index is 0.739. The third-order valence-electron chi connectivity index (χ3n) is 5.42. The first-order chi connectivity index (χ1) is 14.5. The van der Waals surface area contributed by atoms with Crippen molar-refractivity contribution >= 4 is 17.3 Å². The predicted molar refractivity (Wildman–Crippen MR) is 113 cm³/mol. The van der Waals surface area contributed by atoms with Gasteiger partial charge in [0.15, 0.2) is 11.6 Å². The summed E-state index contributed by atoms with van der Waals surface area (Å²) >= 11 is 0. The van der Waals surface area contributed by atoms with E-state index in [-0.39, 0.29) is 0 Å². The van der Waals surface area contributed by atoms with Gasteiger partial charge >= 0.3 is 0 Å². The fraction of sp³-hybridized carbons (Fsp3) is 0.400. The van der Waals surface area contributed by atoms with Gasteiger partial charge < -0.3 is 9.80 Å². The molecule has 5 heterocycles. The van der Waals surface area contributed by atoms with Crippen LogP contribution in [0.2, 0.25) is 0 Å². The molecule has 30 heavy (non-hydrogen) atoms. The zero-order chi connectivity index (χ0) is 20.8. The van der Waals surface area contributed by atoms with Crippen molar-refractivity contribution in [1.29, 1.82) is 0 Å². The molecule has 0 atom stereocenters. The van der Waals surface area contributed by atoms with E-state index in [1.165, 1.54) is 0 Å². The molecule has 1 fully saturated rings. The first-order valence-corrected chi connectivity index (χ1v) is 10.0. The number of hydrogen-bond donors (Lipinski definition) is 0. The van der Waals surface area contributed by atoms with Gasteiger partial charge in [-0.1, -0.05) is 0 Å². The second-order valence-electron chi connectivity index (χ2n) is 7.64. The quantitative estimate of drug-likeness (QED) is 0.509. The van der Waals surface area contributed by atoms with Crippen LogP contribution in [0.15, 0.2) is 24.5 Å². The Morgan fingerprint density at radius 1 is 0.833 bits per heavy atom. The van der Waals surface area contributed by atoms with Crippen molar-refractivity contribution in [3.05, 3.63) is 47.6 Å². The van der Waals surface area contributed by atoms with E-state index < -0.39 is 0 Å². The minimum absolute atomic E-state index is 0.739. The van der Waals surface area contributed by atoms with Crippen LogP contribution in [-0.4, -0.2) is 65.5 Å². The van der Waals surface area contributed by atoms with Crippen molar-refractivity contribution in [2.75, 3.05) is 36.0 Å². The van der Waals surface area contributed by atoms with Crippen molar-refractivity contribution in [2.24, 2.45) is 0 Å². The normalized spacial score (nSPS) is 14.7. The molecule has 0 saturated carbocycles. The molecule has 0 radical (unpaired) electrons. The second kappa shape index (κ2) is 7.05. The summed E-state index contributed by atoms with van der Waals surface area (Å²) in [7, 11) is 0. The minimum Gasteiger partial charge on any atom is -0.353 e. The van der Waals surface area contributed by atoms with Gasteiger partial charge in [-0.05, 0) is 33.8 Å². The highest BCUT2D eigenvalue weighted by atomic mass is 15.4. The molecule has 0 aliphatic carbocycles. The molecular weight excluding hydrogens is 380 g/mol. The molecule has 0 bridgehead atoms. The summed E-state index contributed by atoms with van der Waals surface area (Å²) in [4.78, 5) is 18.4. The van der Waals surface area contributed by atoms with E-state index >= 15 is 0 Å². The van der Waals surface area contributed by atoms with Crippen LogP contribution in [-0.2, 0) is 0 Å². The first kappa shape index (κ1) is 18.5. The largest absolute Gasteiger partial charge is 0.353 e. The lowest BCUT2D eigenvalue weighted by Gasteiger charge is -2.36. The van der Waals surface area contributed by atoms with Crippen LogP contribution in [0.3, 0.4) is 0 Å². The van der Waals surface area contributed by atoms with Crippen molar-refractivity contribution in [3.8, 4) is 5.82 Å². The monoisotopic (exact) mass is 404 g/mol. The molecule has 0 N–H and O–H groups in total. The fourth-order valence-electron chi connectivity index (χ4n) is 3.97. The van der Waals surface area contributed by atoms with Crippen LogP contribution in [0.1, 0.15) is 23.0 Å².